The van der Waals surface area contributed by atoms with Gasteiger partial charge in [-0.05, 0) is 34.0 Å². The van der Waals surface area contributed by atoms with E-state index < -0.39 is 0 Å². The number of nitrogens with one attached hydrogen (secondary N) is 1. The standard InChI is InChI=1S/C24H19N5O2/c30-14-18-13-23(21-7-3-4-8-22(21)25-18)31-15-16-9-11-17(12-10-16)19-5-1-2-6-20(19)24-26-28-29-27-24/h1-13,30H,14-15H2,(H,26,27,28,29). The Morgan fingerprint density at radius 3 is 2.42 bits per heavy atom. The van der Waals surface area contributed by atoms with Gasteiger partial charge in [0.25, 0.3) is 0 Å². The summed E-state index contributed by atoms with van der Waals surface area (Å²) in [6.07, 6.45) is 0. The van der Waals surface area contributed by atoms with Crippen molar-refractivity contribution in [3.8, 4) is 28.3 Å². The Balaban J connectivity index is 1.39. The predicted octanol–water partition coefficient (Wildman–Crippen LogP) is 4.15. The van der Waals surface area contributed by atoms with Crippen molar-refractivity contribution in [3.63, 3.8) is 0 Å². The lowest BCUT2D eigenvalue weighted by Gasteiger charge is -2.12. The van der Waals surface area contributed by atoms with Gasteiger partial charge in [0.2, 0.25) is 5.82 Å². The largest absolute Gasteiger partial charge is 0.488 e. The Bertz CT molecular complexity index is 1320. The number of aliphatic hydroxyl groups is 1. The van der Waals surface area contributed by atoms with Crippen LogP contribution in [0.1, 0.15) is 11.3 Å². The van der Waals surface area contributed by atoms with E-state index in [0.717, 1.165) is 33.2 Å². The summed E-state index contributed by atoms with van der Waals surface area (Å²) in [5.41, 5.74) is 5.43. The van der Waals surface area contributed by atoms with E-state index >= 15 is 0 Å². The number of fused-ring (bicyclic) bond motifs is 1. The van der Waals surface area contributed by atoms with Crippen LogP contribution in [0.3, 0.4) is 0 Å². The van der Waals surface area contributed by atoms with E-state index in [4.69, 9.17) is 4.74 Å². The molecule has 152 valence electrons. The molecule has 7 heteroatoms. The van der Waals surface area contributed by atoms with Crippen LogP contribution in [0.5, 0.6) is 5.75 Å². The highest BCUT2D eigenvalue weighted by atomic mass is 16.5. The molecule has 2 aromatic heterocycles. The summed E-state index contributed by atoms with van der Waals surface area (Å²) < 4.78 is 6.09. The lowest BCUT2D eigenvalue weighted by molar-refractivity contribution is 0.274. The van der Waals surface area contributed by atoms with Crippen LogP contribution in [0.2, 0.25) is 0 Å². The van der Waals surface area contributed by atoms with Gasteiger partial charge in [0, 0.05) is 17.0 Å². The lowest BCUT2D eigenvalue weighted by Crippen LogP contribution is -1.99. The fourth-order valence-corrected chi connectivity index (χ4v) is 3.54. The van der Waals surface area contributed by atoms with Gasteiger partial charge in [-0.2, -0.15) is 5.21 Å². The summed E-state index contributed by atoms with van der Waals surface area (Å²) >= 11 is 0. The Morgan fingerprint density at radius 2 is 1.65 bits per heavy atom. The molecule has 0 spiro atoms. The molecule has 0 atom stereocenters. The Kier molecular flexibility index (Phi) is 5.08. The van der Waals surface area contributed by atoms with E-state index in [1.54, 1.807) is 6.07 Å². The maximum absolute atomic E-state index is 9.50. The van der Waals surface area contributed by atoms with Crippen molar-refractivity contribution in [2.45, 2.75) is 13.2 Å². The number of aromatic nitrogens is 5. The summed E-state index contributed by atoms with van der Waals surface area (Å²) in [6.45, 7) is 0.279. The van der Waals surface area contributed by atoms with Crippen LogP contribution in [-0.2, 0) is 13.2 Å². The molecule has 5 rings (SSSR count). The Labute approximate surface area is 178 Å². The van der Waals surface area contributed by atoms with Crippen molar-refractivity contribution in [1.29, 1.82) is 0 Å². The van der Waals surface area contributed by atoms with E-state index in [1.165, 1.54) is 0 Å². The minimum atomic E-state index is -0.129. The number of benzene rings is 3. The molecule has 0 aliphatic rings. The van der Waals surface area contributed by atoms with E-state index in [2.05, 4.69) is 37.7 Å². The third kappa shape index (κ3) is 3.86. The number of aliphatic hydroxyl groups excluding tert-OH is 1. The van der Waals surface area contributed by atoms with Gasteiger partial charge in [0.15, 0.2) is 0 Å². The second kappa shape index (κ2) is 8.33. The number of hydrogen-bond acceptors (Lipinski definition) is 6. The van der Waals surface area contributed by atoms with E-state index in [0.29, 0.717) is 23.9 Å². The zero-order valence-electron chi connectivity index (χ0n) is 16.6. The average molecular weight is 409 g/mol. The molecule has 5 aromatic rings. The highest BCUT2D eigenvalue weighted by Gasteiger charge is 2.11. The van der Waals surface area contributed by atoms with Gasteiger partial charge in [-0.15, -0.1) is 10.2 Å². The number of tetrazole rings is 1. The zero-order chi connectivity index (χ0) is 21.0. The first-order chi connectivity index (χ1) is 15.3. The average Bonchev–Trinajstić information content (AvgIpc) is 3.37. The highest BCUT2D eigenvalue weighted by molar-refractivity contribution is 5.85. The molecular formula is C24H19N5O2. The fourth-order valence-electron chi connectivity index (χ4n) is 3.54. The number of para-hydroxylation sites is 1. The van der Waals surface area contributed by atoms with Crippen LogP contribution in [0.25, 0.3) is 33.4 Å². The molecule has 31 heavy (non-hydrogen) atoms. The normalized spacial score (nSPS) is 11.0. The van der Waals surface area contributed by atoms with Gasteiger partial charge in [-0.3, -0.25) is 4.98 Å². The monoisotopic (exact) mass is 409 g/mol. The SMILES string of the molecule is OCc1cc(OCc2ccc(-c3ccccc3-c3nn[nH]n3)cc2)c2ccccc2n1. The Morgan fingerprint density at radius 1 is 0.871 bits per heavy atom. The first-order valence-electron chi connectivity index (χ1n) is 9.86. The third-order valence-corrected chi connectivity index (χ3v) is 5.07. The quantitative estimate of drug-likeness (QED) is 0.437. The van der Waals surface area contributed by atoms with Gasteiger partial charge in [0.1, 0.15) is 12.4 Å². The molecule has 0 saturated carbocycles. The van der Waals surface area contributed by atoms with Crippen LogP contribution in [-0.4, -0.2) is 30.7 Å². The number of ether oxygens (including phenoxy) is 1. The lowest BCUT2D eigenvalue weighted by atomic mass is 9.98. The van der Waals surface area contributed by atoms with Crippen LogP contribution < -0.4 is 4.74 Å². The van der Waals surface area contributed by atoms with Crippen LogP contribution in [0.4, 0.5) is 0 Å². The van der Waals surface area contributed by atoms with E-state index in [-0.39, 0.29) is 6.61 Å². The van der Waals surface area contributed by atoms with Gasteiger partial charge in [-0.25, -0.2) is 0 Å². The molecule has 0 amide bonds. The number of hydrogen-bond donors (Lipinski definition) is 2. The first kappa shape index (κ1) is 18.9. The molecule has 2 N–H and O–H groups in total. The first-order valence-corrected chi connectivity index (χ1v) is 9.86. The van der Waals surface area contributed by atoms with Gasteiger partial charge in [0.05, 0.1) is 17.8 Å². The molecule has 0 saturated heterocycles. The van der Waals surface area contributed by atoms with Crippen molar-refractivity contribution in [2.24, 2.45) is 0 Å². The number of rotatable bonds is 6. The van der Waals surface area contributed by atoms with Gasteiger partial charge >= 0.3 is 0 Å². The number of pyridine rings is 1. The summed E-state index contributed by atoms with van der Waals surface area (Å²) in [5, 5.41) is 24.8. The van der Waals surface area contributed by atoms with Crippen LogP contribution in [0, 0.1) is 0 Å². The highest BCUT2D eigenvalue weighted by Crippen LogP contribution is 2.30. The summed E-state index contributed by atoms with van der Waals surface area (Å²) in [7, 11) is 0. The van der Waals surface area contributed by atoms with Gasteiger partial charge < -0.3 is 9.84 Å². The molecule has 0 unspecified atom stereocenters. The molecule has 0 radical (unpaired) electrons. The van der Waals surface area contributed by atoms with Crippen LogP contribution in [0.15, 0.2) is 78.9 Å². The number of aromatic amines is 1. The molecular weight excluding hydrogens is 390 g/mol. The zero-order valence-corrected chi connectivity index (χ0v) is 16.6. The van der Waals surface area contributed by atoms with E-state index in [9.17, 15) is 5.11 Å². The third-order valence-electron chi connectivity index (χ3n) is 5.07. The number of H-pyrrole nitrogens is 1. The van der Waals surface area contributed by atoms with Gasteiger partial charge in [-0.1, -0.05) is 60.7 Å². The van der Waals surface area contributed by atoms with Crippen molar-refractivity contribution < 1.29 is 9.84 Å². The minimum Gasteiger partial charge on any atom is -0.488 e. The molecule has 3 aromatic carbocycles. The van der Waals surface area contributed by atoms with Crippen molar-refractivity contribution >= 4 is 10.9 Å². The van der Waals surface area contributed by atoms with Crippen molar-refractivity contribution in [1.82, 2.24) is 25.6 Å². The maximum atomic E-state index is 9.50. The fraction of sp³-hybridized carbons (Fsp3) is 0.0833. The predicted molar refractivity (Wildman–Crippen MR) is 117 cm³/mol. The van der Waals surface area contributed by atoms with E-state index in [1.807, 2.05) is 60.7 Å². The second-order valence-electron chi connectivity index (χ2n) is 7.05. The maximum Gasteiger partial charge on any atom is 0.205 e. The van der Waals surface area contributed by atoms with Crippen molar-refractivity contribution in [2.75, 3.05) is 0 Å². The summed E-state index contributed by atoms with van der Waals surface area (Å²) in [5.74, 6) is 1.27. The summed E-state index contributed by atoms with van der Waals surface area (Å²) in [4.78, 5) is 4.44. The molecule has 0 aliphatic carbocycles. The number of nitrogens with zero attached hydrogens (tertiary/aromatic N) is 4. The molecule has 0 aliphatic heterocycles. The topological polar surface area (TPSA) is 96.8 Å². The summed E-state index contributed by atoms with van der Waals surface area (Å²) in [6, 6.07) is 25.7. The smallest absolute Gasteiger partial charge is 0.205 e. The minimum absolute atomic E-state index is 0.129. The molecule has 0 bridgehead atoms. The molecule has 7 nitrogen and oxygen atoms in total. The molecule has 0 fully saturated rings. The van der Waals surface area contributed by atoms with Crippen LogP contribution >= 0.6 is 0 Å². The van der Waals surface area contributed by atoms with Crippen molar-refractivity contribution in [3.05, 3.63) is 90.1 Å². The second-order valence-corrected chi connectivity index (χ2v) is 7.05. The molecule has 2 heterocycles. The Hall–Kier alpha value is -4.10.